The molecule has 0 fully saturated rings. The average Bonchev–Trinajstić information content (AvgIpc) is 2.93. The Labute approximate surface area is 118 Å². The molecule has 112 valence electrons. The Morgan fingerprint density at radius 1 is 1.40 bits per heavy atom. The summed E-state index contributed by atoms with van der Waals surface area (Å²) in [5, 5.41) is 3.81. The fourth-order valence-electron chi connectivity index (χ4n) is 1.75. The first kappa shape index (κ1) is 15.2. The Hall–Kier alpha value is -1.16. The predicted molar refractivity (Wildman–Crippen MR) is 73.1 cm³/mol. The molecule has 7 nitrogen and oxygen atoms in total. The lowest BCUT2D eigenvalue weighted by atomic mass is 10.4. The van der Waals surface area contributed by atoms with E-state index in [0.29, 0.717) is 12.3 Å². The van der Waals surface area contributed by atoms with Crippen LogP contribution in [0.4, 0.5) is 0 Å². The molecule has 0 aliphatic carbocycles. The summed E-state index contributed by atoms with van der Waals surface area (Å²) >= 11 is 0. The minimum Gasteiger partial charge on any atom is -0.447 e. The van der Waals surface area contributed by atoms with Gasteiger partial charge in [-0.05, 0) is 18.7 Å². The van der Waals surface area contributed by atoms with Crippen LogP contribution in [0.15, 0.2) is 33.1 Å². The molecule has 0 radical (unpaired) electrons. The number of furan rings is 1. The van der Waals surface area contributed by atoms with Crippen LogP contribution >= 0.6 is 0 Å². The Bertz CT molecular complexity index is 703. The SMILES string of the molecule is CCNCc1ccc(S(=O)(=O)NC2C=CS(=O)(=O)C2)o1. The maximum atomic E-state index is 12.0. The Balaban J connectivity index is 2.07. The van der Waals surface area contributed by atoms with Gasteiger partial charge in [0.05, 0.1) is 18.3 Å². The van der Waals surface area contributed by atoms with Crippen LogP contribution in [0.25, 0.3) is 0 Å². The van der Waals surface area contributed by atoms with Crippen LogP contribution in [0.2, 0.25) is 0 Å². The van der Waals surface area contributed by atoms with E-state index in [4.69, 9.17) is 4.42 Å². The van der Waals surface area contributed by atoms with E-state index in [9.17, 15) is 16.8 Å². The highest BCUT2D eigenvalue weighted by Crippen LogP contribution is 2.16. The van der Waals surface area contributed by atoms with Crippen LogP contribution in [0.5, 0.6) is 0 Å². The highest BCUT2D eigenvalue weighted by molar-refractivity contribution is 7.94. The molecule has 1 aliphatic rings. The van der Waals surface area contributed by atoms with Crippen molar-refractivity contribution in [1.29, 1.82) is 0 Å². The molecule has 0 aromatic carbocycles. The lowest BCUT2D eigenvalue weighted by Crippen LogP contribution is -2.35. The Kier molecular flexibility index (Phi) is 4.33. The second kappa shape index (κ2) is 5.68. The van der Waals surface area contributed by atoms with Crippen molar-refractivity contribution in [1.82, 2.24) is 10.0 Å². The molecule has 1 aromatic rings. The molecule has 9 heteroatoms. The summed E-state index contributed by atoms with van der Waals surface area (Å²) in [5.74, 6) is 0.235. The largest absolute Gasteiger partial charge is 0.447 e. The van der Waals surface area contributed by atoms with Gasteiger partial charge >= 0.3 is 0 Å². The van der Waals surface area contributed by atoms with E-state index in [1.165, 1.54) is 12.1 Å². The van der Waals surface area contributed by atoms with Gasteiger partial charge in [0.2, 0.25) is 5.09 Å². The first-order valence-corrected chi connectivity index (χ1v) is 9.25. The zero-order valence-electron chi connectivity index (χ0n) is 10.9. The zero-order valence-corrected chi connectivity index (χ0v) is 12.5. The van der Waals surface area contributed by atoms with Gasteiger partial charge in [0.25, 0.3) is 10.0 Å². The lowest BCUT2D eigenvalue weighted by molar-refractivity contribution is 0.401. The van der Waals surface area contributed by atoms with Gasteiger partial charge in [-0.1, -0.05) is 13.0 Å². The fraction of sp³-hybridized carbons (Fsp3) is 0.455. The fourth-order valence-corrected chi connectivity index (χ4v) is 4.23. The summed E-state index contributed by atoms with van der Waals surface area (Å²) in [6.07, 6.45) is 1.31. The molecule has 0 amide bonds. The summed E-state index contributed by atoms with van der Waals surface area (Å²) < 4.78 is 54.0. The molecule has 0 saturated heterocycles. The van der Waals surface area contributed by atoms with Crippen molar-refractivity contribution >= 4 is 19.9 Å². The van der Waals surface area contributed by atoms with Crippen molar-refractivity contribution in [2.45, 2.75) is 24.6 Å². The van der Waals surface area contributed by atoms with Crippen LogP contribution in [-0.4, -0.2) is 35.2 Å². The van der Waals surface area contributed by atoms with Crippen molar-refractivity contribution in [3.05, 3.63) is 29.4 Å². The lowest BCUT2D eigenvalue weighted by Gasteiger charge is -2.08. The highest BCUT2D eigenvalue weighted by Gasteiger charge is 2.28. The molecule has 2 N–H and O–H groups in total. The van der Waals surface area contributed by atoms with Crippen molar-refractivity contribution in [3.63, 3.8) is 0 Å². The number of nitrogens with one attached hydrogen (secondary N) is 2. The van der Waals surface area contributed by atoms with E-state index in [1.807, 2.05) is 6.92 Å². The van der Waals surface area contributed by atoms with Gasteiger partial charge in [-0.25, -0.2) is 21.6 Å². The molecule has 0 bridgehead atoms. The van der Waals surface area contributed by atoms with Crippen molar-refractivity contribution in [2.24, 2.45) is 0 Å². The second-order valence-corrected chi connectivity index (χ2v) is 7.96. The Morgan fingerprint density at radius 2 is 2.15 bits per heavy atom. The monoisotopic (exact) mass is 320 g/mol. The van der Waals surface area contributed by atoms with Gasteiger partial charge in [0.15, 0.2) is 9.84 Å². The topological polar surface area (TPSA) is 105 Å². The summed E-state index contributed by atoms with van der Waals surface area (Å²) in [6.45, 7) is 3.10. The van der Waals surface area contributed by atoms with E-state index in [-0.39, 0.29) is 10.8 Å². The third kappa shape index (κ3) is 3.69. The second-order valence-electron chi connectivity index (χ2n) is 4.39. The molecule has 1 aromatic heterocycles. The number of sulfonamides is 1. The Morgan fingerprint density at radius 3 is 2.75 bits per heavy atom. The van der Waals surface area contributed by atoms with E-state index in [1.54, 1.807) is 6.07 Å². The summed E-state index contributed by atoms with van der Waals surface area (Å²) in [7, 11) is -7.16. The molecule has 2 rings (SSSR count). The van der Waals surface area contributed by atoms with E-state index in [2.05, 4.69) is 10.0 Å². The minimum absolute atomic E-state index is 0.219. The molecule has 0 spiro atoms. The molecule has 20 heavy (non-hydrogen) atoms. The van der Waals surface area contributed by atoms with Crippen molar-refractivity contribution < 1.29 is 21.3 Å². The van der Waals surface area contributed by atoms with Crippen molar-refractivity contribution in [3.8, 4) is 0 Å². The summed E-state index contributed by atoms with van der Waals surface area (Å²) in [4.78, 5) is 0. The predicted octanol–water partition coefficient (Wildman–Crippen LogP) is -0.0219. The maximum Gasteiger partial charge on any atom is 0.274 e. The minimum atomic E-state index is -3.86. The van der Waals surface area contributed by atoms with E-state index in [0.717, 1.165) is 12.0 Å². The number of hydrogen-bond acceptors (Lipinski definition) is 6. The maximum absolute atomic E-state index is 12.0. The first-order chi connectivity index (χ1) is 9.32. The number of sulfone groups is 1. The molecule has 1 unspecified atom stereocenters. The summed E-state index contributed by atoms with van der Waals surface area (Å²) in [5.41, 5.74) is 0. The van der Waals surface area contributed by atoms with Gasteiger partial charge in [-0.15, -0.1) is 0 Å². The third-order valence-corrected chi connectivity index (χ3v) is 5.45. The standard InChI is InChI=1S/C11H16N2O5S2/c1-2-12-7-10-3-4-11(18-10)20(16,17)13-9-5-6-19(14,15)8-9/h3-6,9,12-13H,2,7-8H2,1H3. The number of hydrogen-bond donors (Lipinski definition) is 2. The molecular formula is C11H16N2O5S2. The summed E-state index contributed by atoms with van der Waals surface area (Å²) in [6, 6.07) is 2.16. The molecule has 1 aliphatic heterocycles. The van der Waals surface area contributed by atoms with E-state index >= 15 is 0 Å². The third-order valence-electron chi connectivity index (χ3n) is 2.69. The van der Waals surface area contributed by atoms with Gasteiger partial charge in [0.1, 0.15) is 5.76 Å². The zero-order chi connectivity index (χ0) is 14.8. The van der Waals surface area contributed by atoms with Crippen LogP contribution in [0.1, 0.15) is 12.7 Å². The van der Waals surface area contributed by atoms with Crippen LogP contribution in [0, 0.1) is 0 Å². The first-order valence-electron chi connectivity index (χ1n) is 6.05. The van der Waals surface area contributed by atoms with Gasteiger partial charge in [0, 0.05) is 5.41 Å². The molecule has 1 atom stereocenters. The molecule has 0 saturated carbocycles. The van der Waals surface area contributed by atoms with Gasteiger partial charge < -0.3 is 9.73 Å². The highest BCUT2D eigenvalue weighted by atomic mass is 32.2. The van der Waals surface area contributed by atoms with E-state index < -0.39 is 25.9 Å². The normalized spacial score (nSPS) is 21.4. The molecule has 2 heterocycles. The van der Waals surface area contributed by atoms with Crippen LogP contribution in [-0.2, 0) is 26.4 Å². The molecular weight excluding hydrogens is 304 g/mol. The quantitative estimate of drug-likeness (QED) is 0.763. The van der Waals surface area contributed by atoms with Gasteiger partial charge in [-0.3, -0.25) is 0 Å². The average molecular weight is 320 g/mol. The van der Waals surface area contributed by atoms with Crippen LogP contribution < -0.4 is 10.0 Å². The smallest absolute Gasteiger partial charge is 0.274 e. The van der Waals surface area contributed by atoms with Crippen molar-refractivity contribution in [2.75, 3.05) is 12.3 Å². The number of rotatable bonds is 6. The van der Waals surface area contributed by atoms with Crippen LogP contribution in [0.3, 0.4) is 0 Å². The van der Waals surface area contributed by atoms with Gasteiger partial charge in [-0.2, -0.15) is 0 Å².